The second-order valence-electron chi connectivity index (χ2n) is 3.01. The lowest BCUT2D eigenvalue weighted by Gasteiger charge is -2.13. The molecule has 0 aliphatic carbocycles. The van der Waals surface area contributed by atoms with Crippen molar-refractivity contribution >= 4 is 5.96 Å². The van der Waals surface area contributed by atoms with Crippen LogP contribution in [-0.2, 0) is 13.1 Å². The van der Waals surface area contributed by atoms with Gasteiger partial charge in [0.05, 0.1) is 0 Å². The Morgan fingerprint density at radius 1 is 1.25 bits per heavy atom. The van der Waals surface area contributed by atoms with Crippen molar-refractivity contribution in [3.63, 3.8) is 0 Å². The number of fused-ring (bicyclic) bond motifs is 1. The van der Waals surface area contributed by atoms with Gasteiger partial charge in [0.2, 0.25) is 0 Å². The molecule has 1 aliphatic heterocycles. The van der Waals surface area contributed by atoms with Crippen molar-refractivity contribution in [2.24, 2.45) is 5.73 Å². The molecular formula is C9H11N3. The highest BCUT2D eigenvalue weighted by Crippen LogP contribution is 2.20. The SMILES string of the molecule is N=C(N)N1Cc2ccccc2C1. The van der Waals surface area contributed by atoms with Crippen LogP contribution in [-0.4, -0.2) is 10.9 Å². The molecule has 0 unspecified atom stereocenters. The summed E-state index contributed by atoms with van der Waals surface area (Å²) in [6.07, 6.45) is 0. The van der Waals surface area contributed by atoms with Gasteiger partial charge in [-0.05, 0) is 11.1 Å². The number of guanidine groups is 1. The molecule has 0 amide bonds. The Bertz CT molecular complexity index is 294. The number of hydrogen-bond donors (Lipinski definition) is 2. The van der Waals surface area contributed by atoms with Gasteiger partial charge in [-0.2, -0.15) is 0 Å². The van der Waals surface area contributed by atoms with Crippen molar-refractivity contribution in [1.82, 2.24) is 4.90 Å². The van der Waals surface area contributed by atoms with Crippen LogP contribution >= 0.6 is 0 Å². The van der Waals surface area contributed by atoms with Gasteiger partial charge in [0.1, 0.15) is 0 Å². The zero-order valence-electron chi connectivity index (χ0n) is 6.75. The van der Waals surface area contributed by atoms with E-state index in [4.69, 9.17) is 11.1 Å². The van der Waals surface area contributed by atoms with Gasteiger partial charge in [-0.15, -0.1) is 0 Å². The van der Waals surface area contributed by atoms with Crippen LogP contribution in [0.25, 0.3) is 0 Å². The Morgan fingerprint density at radius 2 is 1.75 bits per heavy atom. The molecule has 3 N–H and O–H groups in total. The van der Waals surface area contributed by atoms with Gasteiger partial charge in [0, 0.05) is 13.1 Å². The van der Waals surface area contributed by atoms with Gasteiger partial charge in [-0.1, -0.05) is 24.3 Å². The zero-order valence-corrected chi connectivity index (χ0v) is 6.75. The summed E-state index contributed by atoms with van der Waals surface area (Å²) in [5.41, 5.74) is 7.96. The van der Waals surface area contributed by atoms with Crippen LogP contribution in [0.15, 0.2) is 24.3 Å². The first-order valence-corrected chi connectivity index (χ1v) is 3.93. The minimum atomic E-state index is 0.159. The Hall–Kier alpha value is -1.51. The summed E-state index contributed by atoms with van der Waals surface area (Å²) in [6, 6.07) is 8.20. The van der Waals surface area contributed by atoms with Crippen molar-refractivity contribution < 1.29 is 0 Å². The zero-order chi connectivity index (χ0) is 8.55. The van der Waals surface area contributed by atoms with Crippen LogP contribution < -0.4 is 5.73 Å². The quantitative estimate of drug-likeness (QED) is 0.438. The Balaban J connectivity index is 2.27. The third kappa shape index (κ3) is 1.03. The first kappa shape index (κ1) is 7.16. The van der Waals surface area contributed by atoms with Gasteiger partial charge in [0.25, 0.3) is 0 Å². The fourth-order valence-corrected chi connectivity index (χ4v) is 1.50. The molecule has 0 aromatic heterocycles. The molecule has 12 heavy (non-hydrogen) atoms. The smallest absolute Gasteiger partial charge is 0.188 e. The van der Waals surface area contributed by atoms with Gasteiger partial charge in [-0.25, -0.2) is 0 Å². The van der Waals surface area contributed by atoms with Crippen molar-refractivity contribution in [2.75, 3.05) is 0 Å². The summed E-state index contributed by atoms with van der Waals surface area (Å²) in [5, 5.41) is 7.27. The van der Waals surface area contributed by atoms with E-state index >= 15 is 0 Å². The minimum Gasteiger partial charge on any atom is -0.370 e. The average molecular weight is 161 g/mol. The third-order valence-electron chi connectivity index (χ3n) is 2.18. The fourth-order valence-electron chi connectivity index (χ4n) is 1.50. The second kappa shape index (κ2) is 2.52. The highest BCUT2D eigenvalue weighted by atomic mass is 15.2. The van der Waals surface area contributed by atoms with Gasteiger partial charge >= 0.3 is 0 Å². The van der Waals surface area contributed by atoms with E-state index in [9.17, 15) is 0 Å². The molecule has 1 aliphatic rings. The van der Waals surface area contributed by atoms with Gasteiger partial charge in [0.15, 0.2) is 5.96 Å². The van der Waals surface area contributed by atoms with Crippen LogP contribution in [0.2, 0.25) is 0 Å². The number of nitrogens with zero attached hydrogens (tertiary/aromatic N) is 1. The maximum Gasteiger partial charge on any atom is 0.188 e. The van der Waals surface area contributed by atoms with Crippen LogP contribution in [0.4, 0.5) is 0 Å². The van der Waals surface area contributed by atoms with E-state index < -0.39 is 0 Å². The van der Waals surface area contributed by atoms with Crippen LogP contribution in [0, 0.1) is 5.41 Å². The highest BCUT2D eigenvalue weighted by molar-refractivity contribution is 5.75. The van der Waals surface area contributed by atoms with E-state index in [1.807, 2.05) is 17.0 Å². The summed E-state index contributed by atoms with van der Waals surface area (Å²) in [4.78, 5) is 1.85. The summed E-state index contributed by atoms with van der Waals surface area (Å²) in [5.74, 6) is 0.159. The lowest BCUT2D eigenvalue weighted by Crippen LogP contribution is -2.31. The second-order valence-corrected chi connectivity index (χ2v) is 3.01. The topological polar surface area (TPSA) is 53.1 Å². The van der Waals surface area contributed by atoms with Crippen LogP contribution in [0.5, 0.6) is 0 Å². The number of benzene rings is 1. The summed E-state index contributed by atoms with van der Waals surface area (Å²) in [6.45, 7) is 1.57. The lowest BCUT2D eigenvalue weighted by atomic mass is 10.1. The van der Waals surface area contributed by atoms with E-state index in [-0.39, 0.29) is 5.96 Å². The van der Waals surface area contributed by atoms with Crippen molar-refractivity contribution in [3.8, 4) is 0 Å². The lowest BCUT2D eigenvalue weighted by molar-refractivity contribution is 0.439. The predicted molar refractivity (Wildman–Crippen MR) is 47.6 cm³/mol. The van der Waals surface area contributed by atoms with E-state index in [2.05, 4.69) is 12.1 Å². The molecule has 3 heteroatoms. The number of nitrogens with one attached hydrogen (secondary N) is 1. The molecule has 1 aromatic rings. The maximum atomic E-state index is 7.27. The molecule has 1 aromatic carbocycles. The molecule has 0 saturated heterocycles. The van der Waals surface area contributed by atoms with E-state index in [1.165, 1.54) is 11.1 Å². The monoisotopic (exact) mass is 161 g/mol. The average Bonchev–Trinajstić information content (AvgIpc) is 2.46. The normalized spacial score (nSPS) is 14.5. The molecule has 0 fully saturated rings. The Morgan fingerprint density at radius 3 is 2.17 bits per heavy atom. The molecule has 0 radical (unpaired) electrons. The maximum absolute atomic E-state index is 7.27. The Kier molecular flexibility index (Phi) is 1.50. The fraction of sp³-hybridized carbons (Fsp3) is 0.222. The molecule has 0 spiro atoms. The van der Waals surface area contributed by atoms with E-state index in [1.54, 1.807) is 0 Å². The van der Waals surface area contributed by atoms with Crippen molar-refractivity contribution in [3.05, 3.63) is 35.4 Å². The first-order valence-electron chi connectivity index (χ1n) is 3.93. The first-order chi connectivity index (χ1) is 5.77. The molecule has 62 valence electrons. The molecule has 3 nitrogen and oxygen atoms in total. The van der Waals surface area contributed by atoms with Crippen LogP contribution in [0.1, 0.15) is 11.1 Å². The van der Waals surface area contributed by atoms with Crippen LogP contribution in [0.3, 0.4) is 0 Å². The minimum absolute atomic E-state index is 0.159. The predicted octanol–water partition coefficient (Wildman–Crippen LogP) is 0.896. The molecule has 1 heterocycles. The van der Waals surface area contributed by atoms with Crippen molar-refractivity contribution in [2.45, 2.75) is 13.1 Å². The van der Waals surface area contributed by atoms with E-state index in [0.29, 0.717) is 0 Å². The number of nitrogens with two attached hydrogens (primary N) is 1. The number of rotatable bonds is 0. The van der Waals surface area contributed by atoms with Gasteiger partial charge < -0.3 is 10.6 Å². The standard InChI is InChI=1S/C9H11N3/c10-9(11)12-5-7-3-1-2-4-8(7)6-12/h1-4H,5-6H2,(H3,10,11). The summed E-state index contributed by atoms with van der Waals surface area (Å²) < 4.78 is 0. The van der Waals surface area contributed by atoms with Gasteiger partial charge in [-0.3, -0.25) is 5.41 Å². The molecular weight excluding hydrogens is 150 g/mol. The molecule has 0 atom stereocenters. The highest BCUT2D eigenvalue weighted by Gasteiger charge is 2.18. The largest absolute Gasteiger partial charge is 0.370 e. The Labute approximate surface area is 71.3 Å². The molecule has 2 rings (SSSR count). The van der Waals surface area contributed by atoms with E-state index in [0.717, 1.165) is 13.1 Å². The number of hydrogen-bond acceptors (Lipinski definition) is 1. The van der Waals surface area contributed by atoms with Crippen molar-refractivity contribution in [1.29, 1.82) is 5.41 Å². The summed E-state index contributed by atoms with van der Waals surface area (Å²) in [7, 11) is 0. The molecule has 0 saturated carbocycles. The summed E-state index contributed by atoms with van der Waals surface area (Å²) >= 11 is 0. The molecule has 0 bridgehead atoms. The third-order valence-corrected chi connectivity index (χ3v) is 2.18.